The summed E-state index contributed by atoms with van der Waals surface area (Å²) in [6, 6.07) is 12.9. The summed E-state index contributed by atoms with van der Waals surface area (Å²) in [6.07, 6.45) is 1.79. The summed E-state index contributed by atoms with van der Waals surface area (Å²) in [7, 11) is -3.42. The number of benzene rings is 2. The Hall–Kier alpha value is -1.90. The van der Waals surface area contributed by atoms with Gasteiger partial charge in [0.2, 0.25) is 15.9 Å². The van der Waals surface area contributed by atoms with Crippen LogP contribution in [0, 0.1) is 5.82 Å². The van der Waals surface area contributed by atoms with E-state index in [1.807, 2.05) is 0 Å². The third-order valence-electron chi connectivity index (χ3n) is 4.31. The van der Waals surface area contributed by atoms with Gasteiger partial charge in [0.05, 0.1) is 10.6 Å². The van der Waals surface area contributed by atoms with Crippen molar-refractivity contribution in [3.05, 3.63) is 59.9 Å². The van der Waals surface area contributed by atoms with Gasteiger partial charge in [-0.3, -0.25) is 4.79 Å². The van der Waals surface area contributed by atoms with Gasteiger partial charge in [0.25, 0.3) is 0 Å². The van der Waals surface area contributed by atoms with E-state index in [4.69, 9.17) is 0 Å². The minimum Gasteiger partial charge on any atom is -0.351 e. The van der Waals surface area contributed by atoms with E-state index < -0.39 is 10.0 Å². The molecular weight excluding hydrogens is 387 g/mol. The van der Waals surface area contributed by atoms with Crippen molar-refractivity contribution in [2.24, 2.45) is 0 Å². The third-order valence-corrected chi connectivity index (χ3v) is 7.27. The SMILES string of the molecule is O=C(CSc1ccccc1F)NCc1ccc(S(=O)(=O)N2CCCC2)cc1. The zero-order chi connectivity index (χ0) is 19.3. The minimum absolute atomic E-state index is 0.113. The largest absolute Gasteiger partial charge is 0.351 e. The molecule has 0 saturated carbocycles. The maximum atomic E-state index is 13.5. The van der Waals surface area contributed by atoms with E-state index in [0.29, 0.717) is 24.5 Å². The standard InChI is InChI=1S/C19H21FN2O3S2/c20-17-5-1-2-6-18(17)26-14-19(23)21-13-15-7-9-16(10-8-15)27(24,25)22-11-3-4-12-22/h1-2,5-10H,3-4,11-14H2,(H,21,23). The van der Waals surface area contributed by atoms with Gasteiger partial charge in [-0.1, -0.05) is 24.3 Å². The lowest BCUT2D eigenvalue weighted by atomic mass is 10.2. The lowest BCUT2D eigenvalue weighted by Crippen LogP contribution is -2.28. The van der Waals surface area contributed by atoms with Crippen LogP contribution < -0.4 is 5.32 Å². The van der Waals surface area contributed by atoms with Crippen LogP contribution >= 0.6 is 11.8 Å². The summed E-state index contributed by atoms with van der Waals surface area (Å²) < 4.78 is 40.0. The number of rotatable bonds is 7. The topological polar surface area (TPSA) is 66.5 Å². The predicted molar refractivity (Wildman–Crippen MR) is 103 cm³/mol. The van der Waals surface area contributed by atoms with Gasteiger partial charge >= 0.3 is 0 Å². The Balaban J connectivity index is 1.51. The Bertz CT molecular complexity index is 895. The molecule has 1 aliphatic rings. The normalized spacial score (nSPS) is 15.0. The van der Waals surface area contributed by atoms with Crippen LogP contribution in [0.4, 0.5) is 4.39 Å². The van der Waals surface area contributed by atoms with Crippen LogP contribution in [0.5, 0.6) is 0 Å². The molecule has 0 unspecified atom stereocenters. The van der Waals surface area contributed by atoms with Gasteiger partial charge in [-0.15, -0.1) is 11.8 Å². The second kappa shape index (κ2) is 8.86. The number of halogens is 1. The third kappa shape index (κ3) is 5.09. The average molecular weight is 409 g/mol. The molecule has 8 heteroatoms. The molecule has 27 heavy (non-hydrogen) atoms. The maximum Gasteiger partial charge on any atom is 0.243 e. The van der Waals surface area contributed by atoms with Crippen LogP contribution in [-0.4, -0.2) is 37.5 Å². The molecule has 1 fully saturated rings. The molecule has 0 spiro atoms. The fourth-order valence-corrected chi connectivity index (χ4v) is 5.10. The highest BCUT2D eigenvalue weighted by Crippen LogP contribution is 2.22. The first-order chi connectivity index (χ1) is 13.0. The van der Waals surface area contributed by atoms with Crippen LogP contribution in [0.1, 0.15) is 18.4 Å². The lowest BCUT2D eigenvalue weighted by Gasteiger charge is -2.15. The highest BCUT2D eigenvalue weighted by molar-refractivity contribution is 8.00. The number of sulfonamides is 1. The van der Waals surface area contributed by atoms with Crippen LogP contribution in [-0.2, 0) is 21.4 Å². The summed E-state index contributed by atoms with van der Waals surface area (Å²) >= 11 is 1.14. The number of hydrogen-bond acceptors (Lipinski definition) is 4. The van der Waals surface area contributed by atoms with Crippen molar-refractivity contribution in [3.8, 4) is 0 Å². The highest BCUT2D eigenvalue weighted by Gasteiger charge is 2.26. The number of nitrogens with zero attached hydrogens (tertiary/aromatic N) is 1. The summed E-state index contributed by atoms with van der Waals surface area (Å²) in [6.45, 7) is 1.43. The number of nitrogens with one attached hydrogen (secondary N) is 1. The van der Waals surface area contributed by atoms with Gasteiger partial charge in [-0.25, -0.2) is 12.8 Å². The molecule has 144 valence electrons. The maximum absolute atomic E-state index is 13.5. The van der Waals surface area contributed by atoms with Crippen LogP contribution in [0.3, 0.4) is 0 Å². The van der Waals surface area contributed by atoms with E-state index in [2.05, 4.69) is 5.32 Å². The zero-order valence-electron chi connectivity index (χ0n) is 14.7. The van der Waals surface area contributed by atoms with Gasteiger partial charge in [-0.05, 0) is 42.7 Å². The van der Waals surface area contributed by atoms with Crippen molar-refractivity contribution >= 4 is 27.7 Å². The van der Waals surface area contributed by atoms with Gasteiger partial charge in [-0.2, -0.15) is 4.31 Å². The van der Waals surface area contributed by atoms with E-state index in [1.54, 1.807) is 42.5 Å². The van der Waals surface area contributed by atoms with E-state index in [1.165, 1.54) is 10.4 Å². The molecule has 1 saturated heterocycles. The van der Waals surface area contributed by atoms with Crippen molar-refractivity contribution < 1.29 is 17.6 Å². The Morgan fingerprint density at radius 1 is 1.07 bits per heavy atom. The molecule has 1 aliphatic heterocycles. The average Bonchev–Trinajstić information content (AvgIpc) is 3.22. The summed E-state index contributed by atoms with van der Waals surface area (Å²) in [5.74, 6) is -0.440. The van der Waals surface area contributed by atoms with E-state index in [0.717, 1.165) is 30.2 Å². The molecule has 5 nitrogen and oxygen atoms in total. The number of amides is 1. The fraction of sp³-hybridized carbons (Fsp3) is 0.316. The predicted octanol–water partition coefficient (Wildman–Crippen LogP) is 3.02. The van der Waals surface area contributed by atoms with E-state index in [-0.39, 0.29) is 22.4 Å². The van der Waals surface area contributed by atoms with Gasteiger partial charge in [0.15, 0.2) is 0 Å². The fourth-order valence-electron chi connectivity index (χ4n) is 2.81. The molecule has 3 rings (SSSR count). The second-order valence-electron chi connectivity index (χ2n) is 6.25. The number of hydrogen-bond donors (Lipinski definition) is 1. The Morgan fingerprint density at radius 2 is 1.74 bits per heavy atom. The molecular formula is C19H21FN2O3S2. The van der Waals surface area contributed by atoms with Crippen molar-refractivity contribution in [2.75, 3.05) is 18.8 Å². The molecule has 1 amide bonds. The number of carbonyl (C=O) groups is 1. The molecule has 0 bridgehead atoms. The monoisotopic (exact) mass is 408 g/mol. The van der Waals surface area contributed by atoms with Crippen molar-refractivity contribution in [2.45, 2.75) is 29.2 Å². The number of thioether (sulfide) groups is 1. The van der Waals surface area contributed by atoms with Crippen molar-refractivity contribution in [1.82, 2.24) is 9.62 Å². The van der Waals surface area contributed by atoms with E-state index in [9.17, 15) is 17.6 Å². The first-order valence-electron chi connectivity index (χ1n) is 8.70. The molecule has 0 aromatic heterocycles. The molecule has 0 atom stereocenters. The Kier molecular flexibility index (Phi) is 6.51. The van der Waals surface area contributed by atoms with Crippen LogP contribution in [0.15, 0.2) is 58.3 Å². The van der Waals surface area contributed by atoms with Crippen LogP contribution in [0.25, 0.3) is 0 Å². The molecule has 2 aromatic carbocycles. The Morgan fingerprint density at radius 3 is 2.41 bits per heavy atom. The summed E-state index contributed by atoms with van der Waals surface area (Å²) in [5.41, 5.74) is 0.805. The minimum atomic E-state index is -3.42. The molecule has 1 heterocycles. The van der Waals surface area contributed by atoms with Crippen molar-refractivity contribution in [1.29, 1.82) is 0 Å². The van der Waals surface area contributed by atoms with Gasteiger partial charge < -0.3 is 5.32 Å². The first kappa shape index (κ1) is 19.9. The number of carbonyl (C=O) groups excluding carboxylic acids is 1. The van der Waals surface area contributed by atoms with Gasteiger partial charge in [0, 0.05) is 24.5 Å². The smallest absolute Gasteiger partial charge is 0.243 e. The van der Waals surface area contributed by atoms with E-state index >= 15 is 0 Å². The van der Waals surface area contributed by atoms with Crippen molar-refractivity contribution in [3.63, 3.8) is 0 Å². The first-order valence-corrected chi connectivity index (χ1v) is 11.1. The summed E-state index contributed by atoms with van der Waals surface area (Å²) in [4.78, 5) is 12.7. The molecule has 1 N–H and O–H groups in total. The molecule has 2 aromatic rings. The molecule has 0 aliphatic carbocycles. The lowest BCUT2D eigenvalue weighted by molar-refractivity contribution is -0.118. The Labute approximate surface area is 163 Å². The second-order valence-corrected chi connectivity index (χ2v) is 9.21. The zero-order valence-corrected chi connectivity index (χ0v) is 16.4. The highest BCUT2D eigenvalue weighted by atomic mass is 32.2. The van der Waals surface area contributed by atoms with Crippen LogP contribution in [0.2, 0.25) is 0 Å². The molecule has 0 radical (unpaired) electrons. The quantitative estimate of drug-likeness (QED) is 0.715. The summed E-state index contributed by atoms with van der Waals surface area (Å²) in [5, 5.41) is 2.76. The van der Waals surface area contributed by atoms with Gasteiger partial charge in [0.1, 0.15) is 5.82 Å².